The summed E-state index contributed by atoms with van der Waals surface area (Å²) >= 11 is 0. The number of halogens is 3. The van der Waals surface area contributed by atoms with E-state index in [4.69, 9.17) is 18.9 Å². The molecule has 2 aromatic carbocycles. The fraction of sp³-hybridized carbons (Fsp3) is 0.452. The first kappa shape index (κ1) is 36.0. The molecular weight excluding hydrogens is 615 g/mol. The van der Waals surface area contributed by atoms with Gasteiger partial charge in [-0.05, 0) is 45.4 Å². The van der Waals surface area contributed by atoms with E-state index in [9.17, 15) is 38.0 Å². The van der Waals surface area contributed by atoms with Gasteiger partial charge in [-0.1, -0.05) is 30.3 Å². The molecule has 1 aliphatic heterocycles. The van der Waals surface area contributed by atoms with Crippen molar-refractivity contribution in [3.63, 3.8) is 0 Å². The summed E-state index contributed by atoms with van der Waals surface area (Å²) in [6.07, 6.45) is -5.04. The molecule has 12 nitrogen and oxygen atoms in total. The van der Waals surface area contributed by atoms with E-state index < -0.39 is 63.7 Å². The van der Waals surface area contributed by atoms with Crippen LogP contribution in [0.1, 0.15) is 38.2 Å². The fourth-order valence-corrected chi connectivity index (χ4v) is 4.93. The summed E-state index contributed by atoms with van der Waals surface area (Å²) in [5, 5.41) is 25.2. The first-order valence-corrected chi connectivity index (χ1v) is 14.5. The number of carbonyl (C=O) groups excluding carboxylic acids is 2. The van der Waals surface area contributed by atoms with Gasteiger partial charge in [0.15, 0.2) is 5.70 Å². The number of para-hydroxylation sites is 2. The molecule has 0 bridgehead atoms. The largest absolute Gasteiger partial charge is 0.491 e. The average Bonchev–Trinajstić information content (AvgIpc) is 3.02. The number of alkyl halides is 3. The van der Waals surface area contributed by atoms with Crippen molar-refractivity contribution in [3.05, 3.63) is 75.5 Å². The second kappa shape index (κ2) is 16.7. The lowest BCUT2D eigenvalue weighted by Crippen LogP contribution is -2.38. The highest BCUT2D eigenvalue weighted by atomic mass is 19.4. The topological polar surface area (TPSA) is 159 Å². The maximum atomic E-state index is 14.2. The number of allylic oxidation sites excluding steroid dienone is 1. The third kappa shape index (κ3) is 9.26. The number of unbranched alkanes of at least 4 members (excludes halogenated alkanes) is 1. The molecular formula is C31H36F3N3O9. The number of nitro benzene ring substituents is 1. The Morgan fingerprint density at radius 1 is 1.11 bits per heavy atom. The van der Waals surface area contributed by atoms with Gasteiger partial charge in [-0.2, -0.15) is 13.2 Å². The number of nitro groups is 1. The first-order chi connectivity index (χ1) is 21.9. The van der Waals surface area contributed by atoms with Crippen LogP contribution in [0.3, 0.4) is 0 Å². The highest BCUT2D eigenvalue weighted by Crippen LogP contribution is 2.48. The minimum absolute atomic E-state index is 0.0801. The van der Waals surface area contributed by atoms with Gasteiger partial charge in [0.05, 0.1) is 30.8 Å². The summed E-state index contributed by atoms with van der Waals surface area (Å²) in [5.41, 5.74) is -3.65. The van der Waals surface area contributed by atoms with Gasteiger partial charge < -0.3 is 29.4 Å². The van der Waals surface area contributed by atoms with E-state index in [1.165, 1.54) is 26.0 Å². The second-order valence-corrected chi connectivity index (χ2v) is 10.2. The van der Waals surface area contributed by atoms with E-state index in [0.29, 0.717) is 25.1 Å². The molecule has 2 N–H and O–H groups in total. The van der Waals surface area contributed by atoms with Crippen LogP contribution in [0.2, 0.25) is 0 Å². The molecule has 1 aliphatic rings. The Hall–Kier alpha value is -4.50. The summed E-state index contributed by atoms with van der Waals surface area (Å²) < 4.78 is 63.8. The Balaban J connectivity index is 1.81. The van der Waals surface area contributed by atoms with Gasteiger partial charge in [-0.25, -0.2) is 4.79 Å². The monoisotopic (exact) mass is 651 g/mol. The van der Waals surface area contributed by atoms with Crippen molar-refractivity contribution < 1.29 is 51.7 Å². The van der Waals surface area contributed by atoms with Gasteiger partial charge in [0.2, 0.25) is 5.75 Å². The normalized spacial score (nSPS) is 17.2. The van der Waals surface area contributed by atoms with Crippen molar-refractivity contribution in [2.24, 2.45) is 10.9 Å². The molecule has 250 valence electrons. The van der Waals surface area contributed by atoms with Crippen LogP contribution in [0.4, 0.5) is 18.9 Å². The standard InChI is InChI=1S/C31H36F3N3O9/c1-4-44-30(40)26-25(24(29(39)43-3)19(2)36-28(26)31(32,33)34)22-13-10-14-23(37(41)42)27(22)45-16-9-8-15-35-17-20(38)18-46-21-11-6-5-7-12-21/h5-7,10-14,20,24-25,35,38H,4,8-9,15-18H2,1-3H3. The Bertz CT molecular complexity index is 1430. The molecule has 0 amide bonds. The molecule has 0 fully saturated rings. The molecule has 0 aromatic heterocycles. The Kier molecular flexibility index (Phi) is 13.1. The molecule has 0 spiro atoms. The van der Waals surface area contributed by atoms with E-state index in [0.717, 1.165) is 13.2 Å². The van der Waals surface area contributed by atoms with Crippen LogP contribution in [0.25, 0.3) is 0 Å². The van der Waals surface area contributed by atoms with Crippen molar-refractivity contribution >= 4 is 23.3 Å². The predicted octanol–water partition coefficient (Wildman–Crippen LogP) is 4.51. The zero-order chi connectivity index (χ0) is 33.9. The minimum Gasteiger partial charge on any atom is -0.491 e. The number of esters is 2. The Morgan fingerprint density at radius 3 is 2.46 bits per heavy atom. The number of ether oxygens (including phenoxy) is 4. The smallest absolute Gasteiger partial charge is 0.433 e. The molecule has 3 rings (SSSR count). The number of aliphatic hydroxyl groups excluding tert-OH is 1. The van der Waals surface area contributed by atoms with E-state index in [-0.39, 0.29) is 37.6 Å². The summed E-state index contributed by atoms with van der Waals surface area (Å²) in [4.78, 5) is 40.8. The molecule has 46 heavy (non-hydrogen) atoms. The number of nitrogens with one attached hydrogen (secondary N) is 1. The quantitative estimate of drug-likeness (QED) is 0.114. The summed E-state index contributed by atoms with van der Waals surface area (Å²) in [6.45, 7) is 2.97. The number of methoxy groups -OCH3 is 1. The number of rotatable bonds is 16. The Morgan fingerprint density at radius 2 is 1.83 bits per heavy atom. The zero-order valence-corrected chi connectivity index (χ0v) is 25.5. The van der Waals surface area contributed by atoms with E-state index in [1.54, 1.807) is 12.1 Å². The van der Waals surface area contributed by atoms with Crippen molar-refractivity contribution in [3.8, 4) is 11.5 Å². The lowest BCUT2D eigenvalue weighted by molar-refractivity contribution is -0.386. The van der Waals surface area contributed by atoms with E-state index in [2.05, 4.69) is 10.3 Å². The number of aliphatic hydroxyl groups is 1. The maximum Gasteiger partial charge on any atom is 0.433 e. The van der Waals surface area contributed by atoms with Crippen molar-refractivity contribution in [1.29, 1.82) is 0 Å². The molecule has 3 unspecified atom stereocenters. The van der Waals surface area contributed by atoms with Crippen LogP contribution in [-0.4, -0.2) is 80.0 Å². The lowest BCUT2D eigenvalue weighted by Gasteiger charge is -2.33. The summed E-state index contributed by atoms with van der Waals surface area (Å²) in [7, 11) is 1.02. The van der Waals surface area contributed by atoms with E-state index in [1.807, 2.05) is 18.2 Å². The van der Waals surface area contributed by atoms with Gasteiger partial charge in [0.1, 0.15) is 24.4 Å². The third-order valence-electron chi connectivity index (χ3n) is 6.97. The molecule has 15 heteroatoms. The van der Waals surface area contributed by atoms with Crippen LogP contribution in [0, 0.1) is 16.0 Å². The zero-order valence-electron chi connectivity index (χ0n) is 25.5. The highest BCUT2D eigenvalue weighted by Gasteiger charge is 2.51. The van der Waals surface area contributed by atoms with Gasteiger partial charge in [0.25, 0.3) is 0 Å². The van der Waals surface area contributed by atoms with Crippen LogP contribution in [-0.2, 0) is 19.1 Å². The number of hydrogen-bond donors (Lipinski definition) is 2. The average molecular weight is 652 g/mol. The second-order valence-electron chi connectivity index (χ2n) is 10.2. The fourth-order valence-electron chi connectivity index (χ4n) is 4.93. The number of hydrogen-bond acceptors (Lipinski definition) is 11. The molecule has 2 aromatic rings. The first-order valence-electron chi connectivity index (χ1n) is 14.5. The number of aliphatic imine (C=N–C) groups is 1. The van der Waals surface area contributed by atoms with Crippen molar-refractivity contribution in [2.75, 3.05) is 40.0 Å². The third-order valence-corrected chi connectivity index (χ3v) is 6.97. The molecule has 1 heterocycles. The predicted molar refractivity (Wildman–Crippen MR) is 160 cm³/mol. The number of nitrogens with zero attached hydrogens (tertiary/aromatic N) is 2. The summed E-state index contributed by atoms with van der Waals surface area (Å²) in [5.74, 6) is -5.43. The maximum absolute atomic E-state index is 14.2. The Labute approximate surface area is 263 Å². The van der Waals surface area contributed by atoms with Crippen LogP contribution < -0.4 is 14.8 Å². The van der Waals surface area contributed by atoms with Gasteiger partial charge >= 0.3 is 23.8 Å². The lowest BCUT2D eigenvalue weighted by atomic mass is 9.75. The number of carbonyl (C=O) groups is 2. The van der Waals surface area contributed by atoms with Gasteiger partial charge in [-0.3, -0.25) is 19.9 Å². The van der Waals surface area contributed by atoms with Crippen molar-refractivity contribution in [2.45, 2.75) is 44.9 Å². The molecule has 3 atom stereocenters. The van der Waals surface area contributed by atoms with E-state index >= 15 is 0 Å². The summed E-state index contributed by atoms with van der Waals surface area (Å²) in [6, 6.07) is 12.6. The molecule has 0 radical (unpaired) electrons. The van der Waals surface area contributed by atoms with Crippen LogP contribution in [0.5, 0.6) is 11.5 Å². The molecule has 0 saturated heterocycles. The highest BCUT2D eigenvalue weighted by molar-refractivity contribution is 6.07. The van der Waals surface area contributed by atoms with Gasteiger partial charge in [0, 0.05) is 29.8 Å². The molecule has 0 aliphatic carbocycles. The van der Waals surface area contributed by atoms with Crippen LogP contribution >= 0.6 is 0 Å². The minimum atomic E-state index is -5.13. The van der Waals surface area contributed by atoms with Gasteiger partial charge in [-0.15, -0.1) is 0 Å². The molecule has 0 saturated carbocycles. The number of benzene rings is 2. The SMILES string of the molecule is CCOC(=O)C1=C(C(F)(F)F)N=C(C)C(C(=O)OC)C1c1cccc([N+](=O)[O-])c1OCCCCNCC(O)COc1ccccc1. The van der Waals surface area contributed by atoms with Crippen molar-refractivity contribution in [1.82, 2.24) is 5.32 Å². The van der Waals surface area contributed by atoms with Crippen LogP contribution in [0.15, 0.2) is 64.8 Å².